The topological polar surface area (TPSA) is 83.5 Å². The molecule has 5 nitrogen and oxygen atoms in total. The van der Waals surface area contributed by atoms with Gasteiger partial charge in [0.05, 0.1) is 16.7 Å². The van der Waals surface area contributed by atoms with Gasteiger partial charge in [-0.3, -0.25) is 4.79 Å². The third-order valence-corrected chi connectivity index (χ3v) is 3.38. The van der Waals surface area contributed by atoms with Crippen molar-refractivity contribution in [3.05, 3.63) is 0 Å². The van der Waals surface area contributed by atoms with Gasteiger partial charge in [-0.15, -0.1) is 0 Å². The predicted molar refractivity (Wildman–Crippen MR) is 68.1 cm³/mol. The van der Waals surface area contributed by atoms with Gasteiger partial charge < -0.3 is 9.29 Å². The largest absolute Gasteiger partial charge is 1.00 e. The van der Waals surface area contributed by atoms with E-state index in [9.17, 15) is 17.8 Å². The quantitative estimate of drug-likeness (QED) is 0.216. The molecule has 0 radical (unpaired) electrons. The fourth-order valence-electron chi connectivity index (χ4n) is 1.66. The molecule has 0 fully saturated rings. The van der Waals surface area contributed by atoms with Gasteiger partial charge in [0.1, 0.15) is 0 Å². The van der Waals surface area contributed by atoms with E-state index in [0.29, 0.717) is 13.0 Å². The van der Waals surface area contributed by atoms with Crippen LogP contribution >= 0.6 is 0 Å². The Morgan fingerprint density at radius 2 is 1.37 bits per heavy atom. The van der Waals surface area contributed by atoms with Crippen molar-refractivity contribution in [3.63, 3.8) is 0 Å². The van der Waals surface area contributed by atoms with Crippen molar-refractivity contribution < 1.29 is 73.9 Å². The van der Waals surface area contributed by atoms with E-state index in [-0.39, 0.29) is 63.1 Å². The van der Waals surface area contributed by atoms with E-state index in [1.54, 1.807) is 0 Å². The summed E-state index contributed by atoms with van der Waals surface area (Å²) < 4.78 is 35.8. The second-order valence-corrected chi connectivity index (χ2v) is 5.95. The average molecular weight is 318 g/mol. The third-order valence-electron chi connectivity index (χ3n) is 2.59. The van der Waals surface area contributed by atoms with Crippen LogP contribution in [0.15, 0.2) is 0 Å². The molecule has 7 heteroatoms. The van der Waals surface area contributed by atoms with E-state index in [1.165, 1.54) is 6.92 Å². The van der Waals surface area contributed by atoms with Crippen LogP contribution in [-0.2, 0) is 19.6 Å². The molecule has 0 saturated carbocycles. The summed E-state index contributed by atoms with van der Waals surface area (Å²) in [7, 11) is -4.03. The monoisotopic (exact) mass is 318 g/mol. The van der Waals surface area contributed by atoms with Crippen molar-refractivity contribution in [1.82, 2.24) is 0 Å². The smallest absolute Gasteiger partial charge is 0.748 e. The summed E-state index contributed by atoms with van der Waals surface area (Å²) in [6, 6.07) is 0. The van der Waals surface area contributed by atoms with Crippen LogP contribution < -0.4 is 51.4 Å². The van der Waals surface area contributed by atoms with Crippen molar-refractivity contribution in [2.75, 3.05) is 12.4 Å². The maximum absolute atomic E-state index is 10.5. The number of ether oxygens (including phenoxy) is 1. The Hall–Kier alpha value is 1.02. The van der Waals surface area contributed by atoms with Gasteiger partial charge in [-0.05, 0) is 12.8 Å². The van der Waals surface area contributed by atoms with Crippen molar-refractivity contribution in [3.8, 4) is 0 Å². The first-order valence-corrected chi connectivity index (χ1v) is 8.06. The molecule has 19 heavy (non-hydrogen) atoms. The number of hydrogen-bond donors (Lipinski definition) is 0. The summed E-state index contributed by atoms with van der Waals surface area (Å²) in [4.78, 5) is 10.5. The zero-order chi connectivity index (χ0) is 13.9. The number of rotatable bonds is 11. The van der Waals surface area contributed by atoms with Gasteiger partial charge in [0.15, 0.2) is 0 Å². The number of hydrogen-bond acceptors (Lipinski definition) is 5. The van der Waals surface area contributed by atoms with Crippen LogP contribution in [0.5, 0.6) is 0 Å². The van der Waals surface area contributed by atoms with Gasteiger partial charge in [-0.2, -0.15) is 0 Å². The summed E-state index contributed by atoms with van der Waals surface area (Å²) >= 11 is 0. The van der Waals surface area contributed by atoms with Crippen molar-refractivity contribution in [2.24, 2.45) is 0 Å². The minimum absolute atomic E-state index is 0. The minimum Gasteiger partial charge on any atom is -0.748 e. The molecule has 0 unspecified atom stereocenters. The Morgan fingerprint density at radius 1 is 0.947 bits per heavy atom. The summed E-state index contributed by atoms with van der Waals surface area (Å²) in [6.07, 6.45) is 7.45. The van der Waals surface area contributed by atoms with Crippen molar-refractivity contribution in [2.45, 2.75) is 58.3 Å². The molecule has 0 aliphatic heterocycles. The van der Waals surface area contributed by atoms with Crippen molar-refractivity contribution >= 4 is 16.1 Å². The summed E-state index contributed by atoms with van der Waals surface area (Å²) in [5.41, 5.74) is 0. The van der Waals surface area contributed by atoms with Crippen LogP contribution in [0.25, 0.3) is 0 Å². The van der Waals surface area contributed by atoms with Gasteiger partial charge in [0.25, 0.3) is 0 Å². The van der Waals surface area contributed by atoms with Crippen LogP contribution in [-0.4, -0.2) is 31.3 Å². The molecular formula is C12H23KO5S. The number of carbonyl (C=O) groups excluding carboxylic acids is 1. The second kappa shape index (κ2) is 14.0. The first-order chi connectivity index (χ1) is 8.42. The maximum Gasteiger partial charge on any atom is 1.00 e. The third kappa shape index (κ3) is 21.5. The number of esters is 1. The molecule has 0 aliphatic carbocycles. The van der Waals surface area contributed by atoms with Gasteiger partial charge in [0, 0.05) is 12.7 Å². The summed E-state index contributed by atoms with van der Waals surface area (Å²) in [5, 5.41) is 0. The van der Waals surface area contributed by atoms with Gasteiger partial charge in [0.2, 0.25) is 0 Å². The fraction of sp³-hybridized carbons (Fsp3) is 0.917. The Bertz CT molecular complexity index is 316. The molecule has 0 amide bonds. The van der Waals surface area contributed by atoms with Gasteiger partial charge in [-0.1, -0.05) is 38.5 Å². The fourth-order valence-corrected chi connectivity index (χ4v) is 2.22. The molecule has 0 spiro atoms. The molecule has 0 atom stereocenters. The van der Waals surface area contributed by atoms with Crippen molar-refractivity contribution in [1.29, 1.82) is 0 Å². The molecule has 0 saturated heterocycles. The molecule has 0 aliphatic rings. The first-order valence-electron chi connectivity index (χ1n) is 6.49. The summed E-state index contributed by atoms with van der Waals surface area (Å²) in [5.74, 6) is -0.474. The molecule has 0 heterocycles. The van der Waals surface area contributed by atoms with E-state index < -0.39 is 10.1 Å². The zero-order valence-electron chi connectivity index (χ0n) is 12.0. The number of carbonyl (C=O) groups is 1. The van der Waals surface area contributed by atoms with Crippen LogP contribution in [0, 0.1) is 0 Å². The Labute approximate surface area is 159 Å². The van der Waals surface area contributed by atoms with Crippen LogP contribution in [0.1, 0.15) is 58.3 Å². The Morgan fingerprint density at radius 3 is 1.79 bits per heavy atom. The van der Waals surface area contributed by atoms with E-state index in [4.69, 9.17) is 4.74 Å². The second-order valence-electron chi connectivity index (χ2n) is 4.43. The van der Waals surface area contributed by atoms with E-state index in [1.807, 2.05) is 0 Å². The van der Waals surface area contributed by atoms with Crippen LogP contribution in [0.4, 0.5) is 0 Å². The molecule has 0 aromatic rings. The number of unbranched alkanes of at least 4 members (excludes halogenated alkanes) is 7. The predicted octanol–water partition coefficient (Wildman–Crippen LogP) is -0.780. The molecule has 0 N–H and O–H groups in total. The normalized spacial score (nSPS) is 10.8. The summed E-state index contributed by atoms with van der Waals surface area (Å²) in [6.45, 7) is 1.90. The van der Waals surface area contributed by atoms with Crippen LogP contribution in [0.3, 0.4) is 0 Å². The van der Waals surface area contributed by atoms with Gasteiger partial charge in [-0.25, -0.2) is 8.42 Å². The minimum atomic E-state index is -4.03. The maximum atomic E-state index is 10.5. The standard InChI is InChI=1S/C12H24O5S.K/c1-12(13)17-10-8-6-4-2-3-5-7-9-11-18(14,15)16;/h2-11H2,1H3,(H,14,15,16);/q;+1/p-1. The molecule has 108 valence electrons. The van der Waals surface area contributed by atoms with Gasteiger partial charge >= 0.3 is 57.4 Å². The van der Waals surface area contributed by atoms with Crippen LogP contribution in [0.2, 0.25) is 0 Å². The molecule has 0 bridgehead atoms. The molecule has 0 aromatic heterocycles. The average Bonchev–Trinajstić information content (AvgIpc) is 2.24. The zero-order valence-corrected chi connectivity index (χ0v) is 16.0. The van der Waals surface area contributed by atoms with E-state index >= 15 is 0 Å². The SMILES string of the molecule is CC(=O)OCCCCCCCCCCS(=O)(=O)[O-].[K+]. The van der Waals surface area contributed by atoms with E-state index in [2.05, 4.69) is 0 Å². The molecular weight excluding hydrogens is 295 g/mol. The Balaban J connectivity index is 0. The molecule has 0 aromatic carbocycles. The molecule has 0 rings (SSSR count). The Kier molecular flexibility index (Phi) is 16.4. The first kappa shape index (κ1) is 22.3. The van der Waals surface area contributed by atoms with E-state index in [0.717, 1.165) is 44.9 Å².